The van der Waals surface area contributed by atoms with Crippen LogP contribution in [0.25, 0.3) is 16.8 Å². The van der Waals surface area contributed by atoms with E-state index in [1.165, 1.54) is 24.3 Å². The van der Waals surface area contributed by atoms with Gasteiger partial charge in [0.25, 0.3) is 12.3 Å². The number of aromatic nitrogens is 3. The maximum Gasteiger partial charge on any atom is 0.263 e. The van der Waals surface area contributed by atoms with E-state index in [0.29, 0.717) is 18.9 Å². The number of anilines is 2. The number of aryl methyl sites for hydroxylation is 1. The highest BCUT2D eigenvalue weighted by Gasteiger charge is 2.18. The standard InChI is InChI=1S/C25H23F2N5O2/c1-16-21(13-20(14-29-16)30-25(33)18-4-2-3-17(11-18)23(26)27)19-12-22(31-7-9-34-10-8-31)24-28-5-6-32(24)15-19/h2-6,11-15,23H,7-10H2,1H3,(H,30,33). The van der Waals surface area contributed by atoms with Crippen LogP contribution in [0.4, 0.5) is 20.2 Å². The van der Waals surface area contributed by atoms with Crippen molar-refractivity contribution in [1.82, 2.24) is 14.4 Å². The Bertz CT molecular complexity index is 1350. The van der Waals surface area contributed by atoms with Crippen molar-refractivity contribution in [3.05, 3.63) is 78.0 Å². The van der Waals surface area contributed by atoms with E-state index in [4.69, 9.17) is 4.74 Å². The molecule has 4 aromatic rings. The Labute approximate surface area is 195 Å². The molecule has 0 spiro atoms. The summed E-state index contributed by atoms with van der Waals surface area (Å²) in [5.41, 5.74) is 4.88. The Hall–Kier alpha value is -3.85. The van der Waals surface area contributed by atoms with Gasteiger partial charge in [0, 0.05) is 59.6 Å². The second kappa shape index (κ2) is 9.18. The van der Waals surface area contributed by atoms with Crippen LogP contribution in [0.1, 0.15) is 28.0 Å². The molecule has 0 saturated carbocycles. The number of halogens is 2. The van der Waals surface area contributed by atoms with Crippen LogP contribution in [-0.4, -0.2) is 46.6 Å². The second-order valence-electron chi connectivity index (χ2n) is 8.11. The Balaban J connectivity index is 1.48. The molecule has 1 aliphatic heterocycles. The zero-order valence-corrected chi connectivity index (χ0v) is 18.5. The quantitative estimate of drug-likeness (QED) is 0.463. The molecule has 9 heteroatoms. The van der Waals surface area contributed by atoms with Crippen LogP contribution in [0.3, 0.4) is 0 Å². The molecule has 174 valence electrons. The van der Waals surface area contributed by atoms with Crippen LogP contribution >= 0.6 is 0 Å². The number of morpholine rings is 1. The van der Waals surface area contributed by atoms with Gasteiger partial charge in [-0.1, -0.05) is 12.1 Å². The highest BCUT2D eigenvalue weighted by atomic mass is 19.3. The van der Waals surface area contributed by atoms with Gasteiger partial charge in [0.15, 0.2) is 5.65 Å². The number of pyridine rings is 2. The molecular formula is C25H23F2N5O2. The molecule has 0 bridgehead atoms. The molecule has 5 rings (SSSR count). The van der Waals surface area contributed by atoms with Crippen LogP contribution in [0.5, 0.6) is 0 Å². The Morgan fingerprint density at radius 3 is 2.76 bits per heavy atom. The fourth-order valence-corrected chi connectivity index (χ4v) is 4.11. The molecule has 0 aliphatic carbocycles. The van der Waals surface area contributed by atoms with E-state index in [0.717, 1.165) is 41.2 Å². The molecule has 1 amide bonds. The van der Waals surface area contributed by atoms with Crippen LogP contribution in [-0.2, 0) is 4.74 Å². The van der Waals surface area contributed by atoms with Gasteiger partial charge in [-0.05, 0) is 31.2 Å². The van der Waals surface area contributed by atoms with Crippen molar-refractivity contribution in [2.24, 2.45) is 0 Å². The summed E-state index contributed by atoms with van der Waals surface area (Å²) in [5, 5.41) is 2.78. The number of amides is 1. The van der Waals surface area contributed by atoms with Gasteiger partial charge < -0.3 is 19.4 Å². The van der Waals surface area contributed by atoms with E-state index < -0.39 is 12.3 Å². The van der Waals surface area contributed by atoms with Gasteiger partial charge in [-0.3, -0.25) is 9.78 Å². The normalized spacial score (nSPS) is 14.1. The molecule has 3 aromatic heterocycles. The van der Waals surface area contributed by atoms with Crippen LogP contribution in [0, 0.1) is 6.92 Å². The number of alkyl halides is 2. The first-order valence-corrected chi connectivity index (χ1v) is 11.0. The molecular weight excluding hydrogens is 440 g/mol. The van der Waals surface area contributed by atoms with Gasteiger partial charge in [0.1, 0.15) is 0 Å². The molecule has 7 nitrogen and oxygen atoms in total. The fraction of sp³-hybridized carbons (Fsp3) is 0.240. The van der Waals surface area contributed by atoms with Crippen molar-refractivity contribution in [3.8, 4) is 11.1 Å². The topological polar surface area (TPSA) is 71.8 Å². The first kappa shape index (κ1) is 22.0. The predicted molar refractivity (Wildman–Crippen MR) is 126 cm³/mol. The minimum Gasteiger partial charge on any atom is -0.378 e. The molecule has 1 N–H and O–H groups in total. The smallest absolute Gasteiger partial charge is 0.263 e. The Morgan fingerprint density at radius 2 is 1.97 bits per heavy atom. The average Bonchev–Trinajstić information content (AvgIpc) is 3.34. The summed E-state index contributed by atoms with van der Waals surface area (Å²) >= 11 is 0. The number of benzene rings is 1. The van der Waals surface area contributed by atoms with E-state index in [2.05, 4.69) is 26.3 Å². The van der Waals surface area contributed by atoms with Gasteiger partial charge in [-0.15, -0.1) is 0 Å². The zero-order valence-electron chi connectivity index (χ0n) is 18.5. The highest BCUT2D eigenvalue weighted by molar-refractivity contribution is 6.04. The molecule has 34 heavy (non-hydrogen) atoms. The number of nitrogens with zero attached hydrogens (tertiary/aromatic N) is 4. The lowest BCUT2D eigenvalue weighted by Crippen LogP contribution is -2.36. The number of ether oxygens (including phenoxy) is 1. The minimum absolute atomic E-state index is 0.161. The van der Waals surface area contributed by atoms with E-state index in [1.807, 2.05) is 29.8 Å². The molecule has 1 saturated heterocycles. The summed E-state index contributed by atoms with van der Waals surface area (Å²) < 4.78 is 33.5. The summed E-state index contributed by atoms with van der Waals surface area (Å²) in [6.07, 6.45) is 4.56. The van der Waals surface area contributed by atoms with Gasteiger partial charge >= 0.3 is 0 Å². The SMILES string of the molecule is Cc1ncc(NC(=O)c2cccc(C(F)F)c2)cc1-c1cc(N2CCOCC2)c2nccn2c1. The second-order valence-corrected chi connectivity index (χ2v) is 8.11. The first-order valence-electron chi connectivity index (χ1n) is 11.0. The van der Waals surface area contributed by atoms with Gasteiger partial charge in [-0.25, -0.2) is 13.8 Å². The highest BCUT2D eigenvalue weighted by Crippen LogP contribution is 2.31. The number of imidazole rings is 1. The van der Waals surface area contributed by atoms with Crippen molar-refractivity contribution in [2.45, 2.75) is 13.3 Å². The first-order chi connectivity index (χ1) is 16.5. The monoisotopic (exact) mass is 463 g/mol. The molecule has 0 atom stereocenters. The Kier molecular flexibility index (Phi) is 5.93. The van der Waals surface area contributed by atoms with Gasteiger partial charge in [0.05, 0.1) is 30.8 Å². The third-order valence-electron chi connectivity index (χ3n) is 5.88. The number of carbonyl (C=O) groups is 1. The molecule has 1 aliphatic rings. The minimum atomic E-state index is -2.64. The van der Waals surface area contributed by atoms with Crippen molar-refractivity contribution in [3.63, 3.8) is 0 Å². The average molecular weight is 463 g/mol. The maximum absolute atomic E-state index is 13.0. The number of carbonyl (C=O) groups excluding carboxylic acids is 1. The summed E-state index contributed by atoms with van der Waals surface area (Å²) in [7, 11) is 0. The number of fused-ring (bicyclic) bond motifs is 1. The Morgan fingerprint density at radius 1 is 1.15 bits per heavy atom. The molecule has 1 aromatic carbocycles. The lowest BCUT2D eigenvalue weighted by atomic mass is 10.0. The lowest BCUT2D eigenvalue weighted by Gasteiger charge is -2.29. The zero-order chi connectivity index (χ0) is 23.7. The summed E-state index contributed by atoms with van der Waals surface area (Å²) in [5.74, 6) is -0.474. The van der Waals surface area contributed by atoms with E-state index >= 15 is 0 Å². The van der Waals surface area contributed by atoms with Crippen molar-refractivity contribution >= 4 is 22.9 Å². The molecule has 0 unspecified atom stereocenters. The van der Waals surface area contributed by atoms with E-state index in [-0.39, 0.29) is 11.1 Å². The maximum atomic E-state index is 13.0. The van der Waals surface area contributed by atoms with E-state index in [1.54, 1.807) is 12.4 Å². The molecule has 4 heterocycles. The third-order valence-corrected chi connectivity index (χ3v) is 5.88. The number of rotatable bonds is 5. The summed E-state index contributed by atoms with van der Waals surface area (Å²) in [6.45, 7) is 4.77. The number of nitrogens with one attached hydrogen (secondary N) is 1. The largest absolute Gasteiger partial charge is 0.378 e. The lowest BCUT2D eigenvalue weighted by molar-refractivity contribution is 0.102. The third kappa shape index (κ3) is 4.34. The molecule has 0 radical (unpaired) electrons. The number of hydrogen-bond acceptors (Lipinski definition) is 5. The van der Waals surface area contributed by atoms with Crippen molar-refractivity contribution < 1.29 is 18.3 Å². The van der Waals surface area contributed by atoms with Gasteiger partial charge in [0.2, 0.25) is 0 Å². The van der Waals surface area contributed by atoms with Gasteiger partial charge in [-0.2, -0.15) is 0 Å². The van der Waals surface area contributed by atoms with E-state index in [9.17, 15) is 13.6 Å². The van der Waals surface area contributed by atoms with Crippen LogP contribution in [0.2, 0.25) is 0 Å². The van der Waals surface area contributed by atoms with Crippen molar-refractivity contribution in [2.75, 3.05) is 36.5 Å². The molecule has 1 fully saturated rings. The predicted octanol–water partition coefficient (Wildman–Crippen LogP) is 4.73. The summed E-state index contributed by atoms with van der Waals surface area (Å²) in [6, 6.07) is 9.37. The van der Waals surface area contributed by atoms with Crippen molar-refractivity contribution in [1.29, 1.82) is 0 Å². The van der Waals surface area contributed by atoms with Crippen LogP contribution in [0.15, 0.2) is 61.2 Å². The fourth-order valence-electron chi connectivity index (χ4n) is 4.11. The van der Waals surface area contributed by atoms with Crippen LogP contribution < -0.4 is 10.2 Å². The number of hydrogen-bond donors (Lipinski definition) is 1. The summed E-state index contributed by atoms with van der Waals surface area (Å²) in [4.78, 5) is 23.9.